The van der Waals surface area contributed by atoms with E-state index < -0.39 is 5.60 Å². The molecule has 1 amide bonds. The van der Waals surface area contributed by atoms with E-state index >= 15 is 0 Å². The first-order valence-corrected chi connectivity index (χ1v) is 5.62. The summed E-state index contributed by atoms with van der Waals surface area (Å²) in [5, 5.41) is 3.27. The van der Waals surface area contributed by atoms with Crippen molar-refractivity contribution in [3.8, 4) is 0 Å². The fourth-order valence-electron chi connectivity index (χ4n) is 1.20. The number of hydrogen-bond acceptors (Lipinski definition) is 3. The van der Waals surface area contributed by atoms with Crippen molar-refractivity contribution in [2.75, 3.05) is 19.4 Å². The zero-order valence-corrected chi connectivity index (χ0v) is 11.0. The molecule has 1 aromatic carbocycles. The number of rotatable bonds is 4. The van der Waals surface area contributed by atoms with Crippen LogP contribution in [0.1, 0.15) is 24.2 Å². The van der Waals surface area contributed by atoms with Gasteiger partial charge in [0.2, 0.25) is 0 Å². The average Bonchev–Trinajstić information content (AvgIpc) is 2.26. The number of benzene rings is 1. The number of amides is 1. The number of ether oxygens (including phenoxy) is 1. The summed E-state index contributed by atoms with van der Waals surface area (Å²) in [4.78, 5) is 11.8. The summed E-state index contributed by atoms with van der Waals surface area (Å²) >= 11 is 5.76. The summed E-state index contributed by atoms with van der Waals surface area (Å²) in [5.41, 5.74) is 6.10. The van der Waals surface area contributed by atoms with Crippen molar-refractivity contribution in [3.63, 3.8) is 0 Å². The molecule has 0 spiro atoms. The second kappa shape index (κ2) is 5.38. The number of nitrogens with one attached hydrogen (secondary N) is 1. The van der Waals surface area contributed by atoms with Crippen molar-refractivity contribution < 1.29 is 9.53 Å². The largest absolute Gasteiger partial charge is 0.398 e. The highest BCUT2D eigenvalue weighted by Crippen LogP contribution is 2.18. The molecule has 0 saturated carbocycles. The first-order chi connectivity index (χ1) is 7.85. The van der Waals surface area contributed by atoms with Gasteiger partial charge in [-0.25, -0.2) is 0 Å². The molecule has 4 nitrogen and oxygen atoms in total. The van der Waals surface area contributed by atoms with E-state index in [9.17, 15) is 4.79 Å². The third kappa shape index (κ3) is 3.91. The van der Waals surface area contributed by atoms with E-state index in [0.717, 1.165) is 0 Å². The third-order valence-electron chi connectivity index (χ3n) is 2.49. The van der Waals surface area contributed by atoms with E-state index in [-0.39, 0.29) is 5.91 Å². The van der Waals surface area contributed by atoms with Crippen LogP contribution in [0.15, 0.2) is 18.2 Å². The number of hydrogen-bond donors (Lipinski definition) is 2. The highest BCUT2D eigenvalue weighted by Gasteiger charge is 2.18. The van der Waals surface area contributed by atoms with Gasteiger partial charge in [0.25, 0.3) is 5.91 Å². The molecular formula is C12H17ClN2O2. The molecule has 0 aliphatic rings. The lowest BCUT2D eigenvalue weighted by Crippen LogP contribution is -2.39. The third-order valence-corrected chi connectivity index (χ3v) is 2.72. The minimum absolute atomic E-state index is 0.232. The molecule has 0 aromatic heterocycles. The van der Waals surface area contributed by atoms with Crippen LogP contribution in [0.3, 0.4) is 0 Å². The van der Waals surface area contributed by atoms with E-state index in [2.05, 4.69) is 5.32 Å². The molecule has 0 aliphatic carbocycles. The Balaban J connectivity index is 2.71. The normalized spacial score (nSPS) is 11.3. The van der Waals surface area contributed by atoms with Gasteiger partial charge in [0.05, 0.1) is 11.2 Å². The fraction of sp³-hybridized carbons (Fsp3) is 0.417. The zero-order chi connectivity index (χ0) is 13.1. The Bertz CT molecular complexity index is 419. The van der Waals surface area contributed by atoms with E-state index in [4.69, 9.17) is 22.1 Å². The SMILES string of the molecule is COC(C)(C)CNC(=O)c1ccc(Cl)cc1N. The lowest BCUT2D eigenvalue weighted by molar-refractivity contribution is 0.0229. The Kier molecular flexibility index (Phi) is 4.37. The number of nitrogens with two attached hydrogens (primary N) is 1. The van der Waals surface area contributed by atoms with Crippen molar-refractivity contribution in [3.05, 3.63) is 28.8 Å². The Labute approximate surface area is 106 Å². The van der Waals surface area contributed by atoms with Crippen molar-refractivity contribution >= 4 is 23.2 Å². The summed E-state index contributed by atoms with van der Waals surface area (Å²) in [6, 6.07) is 4.79. The topological polar surface area (TPSA) is 64.3 Å². The van der Waals surface area contributed by atoms with Crippen LogP contribution in [-0.4, -0.2) is 25.2 Å². The summed E-state index contributed by atoms with van der Waals surface area (Å²) < 4.78 is 5.21. The van der Waals surface area contributed by atoms with Gasteiger partial charge in [-0.1, -0.05) is 11.6 Å². The van der Waals surface area contributed by atoms with E-state index in [1.54, 1.807) is 25.3 Å². The van der Waals surface area contributed by atoms with Crippen molar-refractivity contribution in [1.29, 1.82) is 0 Å². The smallest absolute Gasteiger partial charge is 0.253 e. The standard InChI is InChI=1S/C12H17ClN2O2/c1-12(2,17-3)7-15-11(16)9-5-4-8(13)6-10(9)14/h4-6H,7,14H2,1-3H3,(H,15,16). The van der Waals surface area contributed by atoms with E-state index in [1.165, 1.54) is 0 Å². The van der Waals surface area contributed by atoms with Crippen LogP contribution in [0.5, 0.6) is 0 Å². The molecule has 94 valence electrons. The summed E-state index contributed by atoms with van der Waals surface area (Å²) in [5.74, 6) is -0.232. The molecule has 1 aromatic rings. The molecule has 0 saturated heterocycles. The van der Waals surface area contributed by atoms with Gasteiger partial charge in [0.1, 0.15) is 0 Å². The van der Waals surface area contributed by atoms with Crippen LogP contribution in [0, 0.1) is 0 Å². The molecule has 0 bridgehead atoms. The Morgan fingerprint density at radius 3 is 2.71 bits per heavy atom. The fourth-order valence-corrected chi connectivity index (χ4v) is 1.38. The molecule has 0 atom stereocenters. The second-order valence-corrected chi connectivity index (χ2v) is 4.81. The van der Waals surface area contributed by atoms with Crippen LogP contribution in [-0.2, 0) is 4.74 Å². The number of anilines is 1. The van der Waals surface area contributed by atoms with Gasteiger partial charge in [-0.2, -0.15) is 0 Å². The first kappa shape index (κ1) is 13.8. The highest BCUT2D eigenvalue weighted by atomic mass is 35.5. The predicted molar refractivity (Wildman–Crippen MR) is 69.3 cm³/mol. The lowest BCUT2D eigenvalue weighted by atomic mass is 10.1. The Morgan fingerprint density at radius 2 is 2.18 bits per heavy atom. The minimum atomic E-state index is -0.406. The van der Waals surface area contributed by atoms with Crippen LogP contribution in [0.4, 0.5) is 5.69 Å². The van der Waals surface area contributed by atoms with Gasteiger partial charge in [-0.3, -0.25) is 4.79 Å². The van der Waals surface area contributed by atoms with Crippen LogP contribution >= 0.6 is 11.6 Å². The predicted octanol–water partition coefficient (Wildman–Crippen LogP) is 2.08. The quantitative estimate of drug-likeness (QED) is 0.811. The molecule has 17 heavy (non-hydrogen) atoms. The molecule has 5 heteroatoms. The van der Waals surface area contributed by atoms with Gasteiger partial charge in [0.15, 0.2) is 0 Å². The molecule has 0 heterocycles. The summed E-state index contributed by atoms with van der Waals surface area (Å²) in [6.07, 6.45) is 0. The van der Waals surface area contributed by atoms with Gasteiger partial charge in [-0.05, 0) is 32.0 Å². The maximum Gasteiger partial charge on any atom is 0.253 e. The van der Waals surface area contributed by atoms with Gasteiger partial charge in [-0.15, -0.1) is 0 Å². The maximum atomic E-state index is 11.8. The molecular weight excluding hydrogens is 240 g/mol. The monoisotopic (exact) mass is 256 g/mol. The number of carbonyl (C=O) groups excluding carboxylic acids is 1. The van der Waals surface area contributed by atoms with Gasteiger partial charge in [0, 0.05) is 24.4 Å². The summed E-state index contributed by atoms with van der Waals surface area (Å²) in [6.45, 7) is 4.18. The van der Waals surface area contributed by atoms with Gasteiger partial charge < -0.3 is 15.8 Å². The van der Waals surface area contributed by atoms with E-state index in [1.807, 2.05) is 13.8 Å². The first-order valence-electron chi connectivity index (χ1n) is 5.24. The minimum Gasteiger partial charge on any atom is -0.398 e. The number of nitrogen functional groups attached to an aromatic ring is 1. The average molecular weight is 257 g/mol. The molecule has 0 aliphatic heterocycles. The van der Waals surface area contributed by atoms with Crippen molar-refractivity contribution in [2.24, 2.45) is 0 Å². The van der Waals surface area contributed by atoms with E-state index in [0.29, 0.717) is 22.8 Å². The highest BCUT2D eigenvalue weighted by molar-refractivity contribution is 6.31. The van der Waals surface area contributed by atoms with Crippen LogP contribution in [0.25, 0.3) is 0 Å². The molecule has 1 rings (SSSR count). The van der Waals surface area contributed by atoms with Crippen LogP contribution in [0.2, 0.25) is 5.02 Å². The van der Waals surface area contributed by atoms with Crippen molar-refractivity contribution in [2.45, 2.75) is 19.4 Å². The zero-order valence-electron chi connectivity index (χ0n) is 10.2. The number of carbonyl (C=O) groups is 1. The Hall–Kier alpha value is -1.26. The molecule has 0 fully saturated rings. The Morgan fingerprint density at radius 1 is 1.53 bits per heavy atom. The lowest BCUT2D eigenvalue weighted by Gasteiger charge is -2.23. The molecule has 0 radical (unpaired) electrons. The second-order valence-electron chi connectivity index (χ2n) is 4.38. The number of methoxy groups -OCH3 is 1. The molecule has 3 N–H and O–H groups in total. The summed E-state index contributed by atoms with van der Waals surface area (Å²) in [7, 11) is 1.60. The molecule has 0 unspecified atom stereocenters. The van der Waals surface area contributed by atoms with Crippen molar-refractivity contribution in [1.82, 2.24) is 5.32 Å². The van der Waals surface area contributed by atoms with Gasteiger partial charge >= 0.3 is 0 Å². The maximum absolute atomic E-state index is 11.8. The number of halogens is 1. The van der Waals surface area contributed by atoms with Crippen LogP contribution < -0.4 is 11.1 Å².